The average molecular weight is 259 g/mol. The Morgan fingerprint density at radius 1 is 1.28 bits per heavy atom. The standard InChI is InChI=1S/C13H29N3O2/c1-6-14-13(3,12(17)18)11-16(7-2)10-8-9-15(4)5/h14H,6-11H2,1-5H3,(H,17,18). The van der Waals surface area contributed by atoms with Crippen molar-refractivity contribution in [3.63, 3.8) is 0 Å². The first kappa shape index (κ1) is 17.4. The van der Waals surface area contributed by atoms with Crippen molar-refractivity contribution < 1.29 is 9.90 Å². The van der Waals surface area contributed by atoms with E-state index in [2.05, 4.69) is 36.1 Å². The van der Waals surface area contributed by atoms with E-state index in [1.807, 2.05) is 6.92 Å². The molecule has 0 spiro atoms. The molecule has 0 aliphatic rings. The number of rotatable bonds is 10. The molecule has 0 heterocycles. The third kappa shape index (κ3) is 6.33. The van der Waals surface area contributed by atoms with E-state index >= 15 is 0 Å². The third-order valence-corrected chi connectivity index (χ3v) is 3.11. The molecular formula is C13H29N3O2. The summed E-state index contributed by atoms with van der Waals surface area (Å²) in [6, 6.07) is 0. The second kappa shape index (κ2) is 8.45. The second-order valence-corrected chi connectivity index (χ2v) is 5.19. The minimum absolute atomic E-state index is 0.542. The zero-order valence-corrected chi connectivity index (χ0v) is 12.5. The van der Waals surface area contributed by atoms with Gasteiger partial charge in [0.25, 0.3) is 0 Å². The van der Waals surface area contributed by atoms with Gasteiger partial charge in [-0.15, -0.1) is 0 Å². The van der Waals surface area contributed by atoms with Crippen molar-refractivity contribution in [2.45, 2.75) is 32.7 Å². The monoisotopic (exact) mass is 259 g/mol. The number of carboxylic acid groups (broad SMARTS) is 1. The fourth-order valence-electron chi connectivity index (χ4n) is 2.00. The number of hydrogen-bond acceptors (Lipinski definition) is 4. The fourth-order valence-corrected chi connectivity index (χ4v) is 2.00. The van der Waals surface area contributed by atoms with Crippen LogP contribution in [0.2, 0.25) is 0 Å². The Morgan fingerprint density at radius 3 is 2.28 bits per heavy atom. The molecule has 0 amide bonds. The van der Waals surface area contributed by atoms with E-state index in [1.54, 1.807) is 6.92 Å². The highest BCUT2D eigenvalue weighted by molar-refractivity contribution is 5.78. The molecule has 5 nitrogen and oxygen atoms in total. The Bertz CT molecular complexity index is 246. The maximum atomic E-state index is 11.3. The molecule has 18 heavy (non-hydrogen) atoms. The molecule has 0 aromatic rings. The zero-order valence-electron chi connectivity index (χ0n) is 12.5. The quantitative estimate of drug-likeness (QED) is 0.605. The summed E-state index contributed by atoms with van der Waals surface area (Å²) in [7, 11) is 4.10. The molecule has 108 valence electrons. The molecule has 0 fully saturated rings. The SMILES string of the molecule is CCNC(C)(CN(CC)CCCN(C)C)C(=O)O. The Labute approximate surface area is 111 Å². The van der Waals surface area contributed by atoms with Gasteiger partial charge in [0.2, 0.25) is 0 Å². The van der Waals surface area contributed by atoms with Gasteiger partial charge < -0.3 is 20.2 Å². The molecule has 2 N–H and O–H groups in total. The van der Waals surface area contributed by atoms with Gasteiger partial charge in [-0.1, -0.05) is 13.8 Å². The molecule has 1 atom stereocenters. The van der Waals surface area contributed by atoms with Crippen LogP contribution in [-0.4, -0.2) is 73.2 Å². The smallest absolute Gasteiger partial charge is 0.324 e. The summed E-state index contributed by atoms with van der Waals surface area (Å²) in [5.74, 6) is -0.782. The number of aliphatic carboxylic acids is 1. The Kier molecular flexibility index (Phi) is 8.15. The summed E-state index contributed by atoms with van der Waals surface area (Å²) < 4.78 is 0. The average Bonchev–Trinajstić information content (AvgIpc) is 2.27. The number of carboxylic acids is 1. The van der Waals surface area contributed by atoms with Crippen molar-refractivity contribution in [1.29, 1.82) is 0 Å². The fraction of sp³-hybridized carbons (Fsp3) is 0.923. The van der Waals surface area contributed by atoms with Crippen LogP contribution in [-0.2, 0) is 4.79 Å². The summed E-state index contributed by atoms with van der Waals surface area (Å²) in [5.41, 5.74) is -0.858. The number of nitrogens with zero attached hydrogens (tertiary/aromatic N) is 2. The molecule has 0 rings (SSSR count). The number of likely N-dealkylation sites (N-methyl/N-ethyl adjacent to an activating group) is 2. The van der Waals surface area contributed by atoms with Gasteiger partial charge in [0.1, 0.15) is 5.54 Å². The van der Waals surface area contributed by atoms with E-state index < -0.39 is 11.5 Å². The first-order chi connectivity index (χ1) is 8.35. The van der Waals surface area contributed by atoms with Crippen LogP contribution < -0.4 is 5.32 Å². The Hall–Kier alpha value is -0.650. The van der Waals surface area contributed by atoms with E-state index in [0.717, 1.165) is 26.1 Å². The van der Waals surface area contributed by atoms with Crippen molar-refractivity contribution in [2.24, 2.45) is 0 Å². The maximum absolute atomic E-state index is 11.3. The van der Waals surface area contributed by atoms with Gasteiger partial charge in [0.15, 0.2) is 0 Å². The second-order valence-electron chi connectivity index (χ2n) is 5.19. The molecule has 0 aromatic heterocycles. The minimum atomic E-state index is -0.858. The summed E-state index contributed by atoms with van der Waals surface area (Å²) >= 11 is 0. The molecule has 5 heteroatoms. The van der Waals surface area contributed by atoms with Gasteiger partial charge >= 0.3 is 5.97 Å². The lowest BCUT2D eigenvalue weighted by Crippen LogP contribution is -2.57. The van der Waals surface area contributed by atoms with Crippen LogP contribution in [0.3, 0.4) is 0 Å². The van der Waals surface area contributed by atoms with Gasteiger partial charge in [-0.3, -0.25) is 4.79 Å². The van der Waals surface area contributed by atoms with E-state index in [1.165, 1.54) is 0 Å². The van der Waals surface area contributed by atoms with Crippen LogP contribution in [0, 0.1) is 0 Å². The lowest BCUT2D eigenvalue weighted by atomic mass is 10.0. The van der Waals surface area contributed by atoms with E-state index in [9.17, 15) is 9.90 Å². The predicted molar refractivity (Wildman–Crippen MR) is 75.0 cm³/mol. The van der Waals surface area contributed by atoms with E-state index in [4.69, 9.17) is 0 Å². The molecule has 0 bridgehead atoms. The summed E-state index contributed by atoms with van der Waals surface area (Å²) in [4.78, 5) is 15.7. The van der Waals surface area contributed by atoms with Crippen molar-refractivity contribution in [1.82, 2.24) is 15.1 Å². The van der Waals surface area contributed by atoms with E-state index in [0.29, 0.717) is 13.1 Å². The van der Waals surface area contributed by atoms with Gasteiger partial charge in [-0.05, 0) is 53.6 Å². The van der Waals surface area contributed by atoms with Crippen molar-refractivity contribution in [3.8, 4) is 0 Å². The lowest BCUT2D eigenvalue weighted by Gasteiger charge is -2.32. The normalized spacial score (nSPS) is 15.1. The third-order valence-electron chi connectivity index (χ3n) is 3.11. The van der Waals surface area contributed by atoms with Gasteiger partial charge in [0.05, 0.1) is 0 Å². The first-order valence-electron chi connectivity index (χ1n) is 6.71. The largest absolute Gasteiger partial charge is 0.480 e. The highest BCUT2D eigenvalue weighted by atomic mass is 16.4. The van der Waals surface area contributed by atoms with E-state index in [-0.39, 0.29) is 0 Å². The molecule has 0 aliphatic heterocycles. The van der Waals surface area contributed by atoms with Gasteiger partial charge in [-0.25, -0.2) is 0 Å². The number of nitrogens with one attached hydrogen (secondary N) is 1. The number of hydrogen-bond donors (Lipinski definition) is 2. The van der Waals surface area contributed by atoms with Gasteiger partial charge in [-0.2, -0.15) is 0 Å². The summed E-state index contributed by atoms with van der Waals surface area (Å²) in [5, 5.41) is 12.4. The number of carbonyl (C=O) groups is 1. The minimum Gasteiger partial charge on any atom is -0.480 e. The molecule has 0 aliphatic carbocycles. The maximum Gasteiger partial charge on any atom is 0.324 e. The summed E-state index contributed by atoms with van der Waals surface area (Å²) in [6.07, 6.45) is 1.06. The topological polar surface area (TPSA) is 55.8 Å². The first-order valence-corrected chi connectivity index (χ1v) is 6.71. The van der Waals surface area contributed by atoms with Crippen molar-refractivity contribution in [3.05, 3.63) is 0 Å². The van der Waals surface area contributed by atoms with Crippen LogP contribution >= 0.6 is 0 Å². The highest BCUT2D eigenvalue weighted by Gasteiger charge is 2.33. The summed E-state index contributed by atoms with van der Waals surface area (Å²) in [6.45, 7) is 9.81. The molecule has 0 radical (unpaired) electrons. The molecule has 1 unspecified atom stereocenters. The molecular weight excluding hydrogens is 230 g/mol. The van der Waals surface area contributed by atoms with Crippen LogP contribution in [0.1, 0.15) is 27.2 Å². The van der Waals surface area contributed by atoms with Crippen molar-refractivity contribution >= 4 is 5.97 Å². The molecule has 0 saturated carbocycles. The van der Waals surface area contributed by atoms with Crippen LogP contribution in [0.15, 0.2) is 0 Å². The Balaban J connectivity index is 4.34. The molecule has 0 saturated heterocycles. The van der Waals surface area contributed by atoms with Crippen LogP contribution in [0.5, 0.6) is 0 Å². The van der Waals surface area contributed by atoms with Crippen LogP contribution in [0.4, 0.5) is 0 Å². The van der Waals surface area contributed by atoms with Crippen molar-refractivity contribution in [2.75, 3.05) is 46.8 Å². The van der Waals surface area contributed by atoms with Crippen LogP contribution in [0.25, 0.3) is 0 Å². The Morgan fingerprint density at radius 2 is 1.89 bits per heavy atom. The highest BCUT2D eigenvalue weighted by Crippen LogP contribution is 2.08. The lowest BCUT2D eigenvalue weighted by molar-refractivity contribution is -0.145. The van der Waals surface area contributed by atoms with Gasteiger partial charge in [0, 0.05) is 6.54 Å². The molecule has 0 aromatic carbocycles. The predicted octanol–water partition coefficient (Wildman–Crippen LogP) is 0.713. The zero-order chi connectivity index (χ0) is 14.2.